The Balaban J connectivity index is 2.72. The fourth-order valence-electron chi connectivity index (χ4n) is 2.00. The standard InChI is InChI=1S/C14H13BrN2O/c1-3-7-17-10(2)12(9-18)13(15)14(17)11-5-4-6-16-8-11/h3-6,8-9H,1,7H2,2H3. The Labute approximate surface area is 114 Å². The van der Waals surface area contributed by atoms with Crippen molar-refractivity contribution in [2.45, 2.75) is 13.5 Å². The van der Waals surface area contributed by atoms with Crippen LogP contribution in [0.15, 0.2) is 41.7 Å². The van der Waals surface area contributed by atoms with E-state index in [1.807, 2.05) is 25.1 Å². The lowest BCUT2D eigenvalue weighted by molar-refractivity contribution is 0.112. The lowest BCUT2D eigenvalue weighted by atomic mass is 10.2. The molecule has 92 valence electrons. The third-order valence-corrected chi connectivity index (χ3v) is 3.68. The van der Waals surface area contributed by atoms with Crippen LogP contribution >= 0.6 is 15.9 Å². The van der Waals surface area contributed by atoms with Crippen LogP contribution in [0.1, 0.15) is 16.1 Å². The summed E-state index contributed by atoms with van der Waals surface area (Å²) in [5.74, 6) is 0. The smallest absolute Gasteiger partial charge is 0.153 e. The van der Waals surface area contributed by atoms with E-state index in [4.69, 9.17) is 0 Å². The summed E-state index contributed by atoms with van der Waals surface area (Å²) in [4.78, 5) is 15.3. The number of pyridine rings is 1. The van der Waals surface area contributed by atoms with Gasteiger partial charge in [-0.15, -0.1) is 6.58 Å². The first-order valence-electron chi connectivity index (χ1n) is 5.55. The molecule has 0 spiro atoms. The third kappa shape index (κ3) is 2.04. The Kier molecular flexibility index (Phi) is 3.77. The molecule has 0 aliphatic rings. The highest BCUT2D eigenvalue weighted by atomic mass is 79.9. The van der Waals surface area contributed by atoms with E-state index in [9.17, 15) is 4.79 Å². The molecule has 0 saturated carbocycles. The van der Waals surface area contributed by atoms with Gasteiger partial charge in [0, 0.05) is 35.8 Å². The molecule has 4 heteroatoms. The lowest BCUT2D eigenvalue weighted by Crippen LogP contribution is -2.00. The topological polar surface area (TPSA) is 34.9 Å². The average molecular weight is 305 g/mol. The van der Waals surface area contributed by atoms with Crippen molar-refractivity contribution in [3.8, 4) is 11.3 Å². The second-order valence-corrected chi connectivity index (χ2v) is 4.71. The van der Waals surface area contributed by atoms with Gasteiger partial charge in [0.1, 0.15) is 0 Å². The zero-order valence-corrected chi connectivity index (χ0v) is 11.6. The van der Waals surface area contributed by atoms with Gasteiger partial charge in [-0.05, 0) is 35.0 Å². The summed E-state index contributed by atoms with van der Waals surface area (Å²) >= 11 is 3.51. The van der Waals surface area contributed by atoms with Crippen LogP contribution in [0.5, 0.6) is 0 Å². The second-order valence-electron chi connectivity index (χ2n) is 3.92. The number of rotatable bonds is 4. The van der Waals surface area contributed by atoms with Crippen molar-refractivity contribution in [3.05, 3.63) is 52.9 Å². The monoisotopic (exact) mass is 304 g/mol. The Morgan fingerprint density at radius 2 is 2.33 bits per heavy atom. The first-order valence-corrected chi connectivity index (χ1v) is 6.35. The summed E-state index contributed by atoms with van der Waals surface area (Å²) in [5.41, 5.74) is 3.54. The molecule has 3 nitrogen and oxygen atoms in total. The van der Waals surface area contributed by atoms with Gasteiger partial charge >= 0.3 is 0 Å². The van der Waals surface area contributed by atoms with E-state index in [-0.39, 0.29) is 0 Å². The van der Waals surface area contributed by atoms with Crippen LogP contribution in [0.2, 0.25) is 0 Å². The van der Waals surface area contributed by atoms with Gasteiger partial charge < -0.3 is 4.57 Å². The minimum atomic E-state index is 0.655. The molecule has 0 N–H and O–H groups in total. The van der Waals surface area contributed by atoms with Gasteiger partial charge in [0.25, 0.3) is 0 Å². The molecule has 2 aromatic rings. The highest BCUT2D eigenvalue weighted by Gasteiger charge is 2.18. The summed E-state index contributed by atoms with van der Waals surface area (Å²) in [5, 5.41) is 0. The second kappa shape index (κ2) is 5.31. The number of aldehydes is 1. The van der Waals surface area contributed by atoms with Crippen LogP contribution in [0, 0.1) is 6.92 Å². The molecule has 2 heterocycles. The van der Waals surface area contributed by atoms with Gasteiger partial charge in [0.05, 0.1) is 10.2 Å². The molecular formula is C14H13BrN2O. The molecule has 0 aliphatic heterocycles. The van der Waals surface area contributed by atoms with E-state index < -0.39 is 0 Å². The highest BCUT2D eigenvalue weighted by Crippen LogP contribution is 2.34. The predicted octanol–water partition coefficient (Wildman–Crippen LogP) is 3.62. The number of allylic oxidation sites excluding steroid dienone is 1. The number of carbonyl (C=O) groups excluding carboxylic acids is 1. The normalized spacial score (nSPS) is 10.3. The number of hydrogen-bond acceptors (Lipinski definition) is 2. The van der Waals surface area contributed by atoms with E-state index in [2.05, 4.69) is 32.1 Å². The fourth-order valence-corrected chi connectivity index (χ4v) is 2.82. The maximum absolute atomic E-state index is 11.2. The minimum Gasteiger partial charge on any atom is -0.339 e. The van der Waals surface area contributed by atoms with E-state index in [0.717, 1.165) is 27.7 Å². The summed E-state index contributed by atoms with van der Waals surface area (Å²) in [6, 6.07) is 3.85. The molecule has 0 unspecified atom stereocenters. The van der Waals surface area contributed by atoms with E-state index in [1.54, 1.807) is 12.4 Å². The Bertz CT molecular complexity index is 588. The summed E-state index contributed by atoms with van der Waals surface area (Å²) in [6.45, 7) is 6.34. The molecule has 0 radical (unpaired) electrons. The quantitative estimate of drug-likeness (QED) is 0.639. The molecule has 0 aliphatic carbocycles. The number of halogens is 1. The van der Waals surface area contributed by atoms with Gasteiger partial charge in [-0.3, -0.25) is 9.78 Å². The van der Waals surface area contributed by atoms with Gasteiger partial charge in [-0.25, -0.2) is 0 Å². The van der Waals surface area contributed by atoms with E-state index in [1.165, 1.54) is 0 Å². The molecule has 0 fully saturated rings. The molecule has 2 aromatic heterocycles. The Morgan fingerprint density at radius 3 is 2.89 bits per heavy atom. The van der Waals surface area contributed by atoms with Crippen LogP contribution < -0.4 is 0 Å². The van der Waals surface area contributed by atoms with Crippen LogP contribution in [-0.2, 0) is 6.54 Å². The summed E-state index contributed by atoms with van der Waals surface area (Å²) in [7, 11) is 0. The van der Waals surface area contributed by atoms with Crippen LogP contribution in [0.3, 0.4) is 0 Å². The third-order valence-electron chi connectivity index (χ3n) is 2.87. The van der Waals surface area contributed by atoms with Crippen molar-refractivity contribution in [2.24, 2.45) is 0 Å². The Morgan fingerprint density at radius 1 is 1.56 bits per heavy atom. The number of carbonyl (C=O) groups is 1. The zero-order chi connectivity index (χ0) is 13.1. The number of hydrogen-bond donors (Lipinski definition) is 0. The van der Waals surface area contributed by atoms with Gasteiger partial charge in [0.15, 0.2) is 6.29 Å². The molecule has 2 rings (SSSR count). The van der Waals surface area contributed by atoms with Crippen molar-refractivity contribution >= 4 is 22.2 Å². The van der Waals surface area contributed by atoms with Gasteiger partial charge in [-0.2, -0.15) is 0 Å². The summed E-state index contributed by atoms with van der Waals surface area (Å²) in [6.07, 6.45) is 6.20. The minimum absolute atomic E-state index is 0.655. The first-order chi connectivity index (χ1) is 8.70. The molecular weight excluding hydrogens is 292 g/mol. The molecule has 0 saturated heterocycles. The van der Waals surface area contributed by atoms with Crippen LogP contribution in [-0.4, -0.2) is 15.8 Å². The Hall–Kier alpha value is -1.68. The van der Waals surface area contributed by atoms with Crippen molar-refractivity contribution in [3.63, 3.8) is 0 Å². The maximum atomic E-state index is 11.2. The summed E-state index contributed by atoms with van der Waals surface area (Å²) < 4.78 is 2.86. The largest absolute Gasteiger partial charge is 0.339 e. The highest BCUT2D eigenvalue weighted by molar-refractivity contribution is 9.10. The van der Waals surface area contributed by atoms with Gasteiger partial charge in [0.2, 0.25) is 0 Å². The van der Waals surface area contributed by atoms with Crippen molar-refractivity contribution in [1.82, 2.24) is 9.55 Å². The van der Waals surface area contributed by atoms with E-state index >= 15 is 0 Å². The molecule has 0 amide bonds. The predicted molar refractivity (Wildman–Crippen MR) is 75.7 cm³/mol. The molecule has 18 heavy (non-hydrogen) atoms. The lowest BCUT2D eigenvalue weighted by Gasteiger charge is -2.09. The molecule has 0 bridgehead atoms. The van der Waals surface area contributed by atoms with Gasteiger partial charge in [-0.1, -0.05) is 6.08 Å². The molecule has 0 aromatic carbocycles. The fraction of sp³-hybridized carbons (Fsp3) is 0.143. The molecule has 0 atom stereocenters. The van der Waals surface area contributed by atoms with E-state index in [0.29, 0.717) is 12.1 Å². The number of nitrogens with zero attached hydrogens (tertiary/aromatic N) is 2. The first kappa shape index (κ1) is 12.8. The van der Waals surface area contributed by atoms with Crippen molar-refractivity contribution in [1.29, 1.82) is 0 Å². The van der Waals surface area contributed by atoms with Crippen molar-refractivity contribution < 1.29 is 4.79 Å². The maximum Gasteiger partial charge on any atom is 0.153 e. The van der Waals surface area contributed by atoms with Crippen LogP contribution in [0.4, 0.5) is 0 Å². The van der Waals surface area contributed by atoms with Crippen LogP contribution in [0.25, 0.3) is 11.3 Å². The zero-order valence-electron chi connectivity index (χ0n) is 10.1. The number of aromatic nitrogens is 2. The van der Waals surface area contributed by atoms with Crippen molar-refractivity contribution in [2.75, 3.05) is 0 Å². The average Bonchev–Trinajstić information content (AvgIpc) is 2.62. The SMILES string of the molecule is C=CCn1c(C)c(C=O)c(Br)c1-c1cccnc1.